The minimum Gasteiger partial charge on any atom is -0.497 e. The Kier molecular flexibility index (Phi) is 5.38. The molecule has 132 valence electrons. The highest BCUT2D eigenvalue weighted by Crippen LogP contribution is 2.15. The van der Waals surface area contributed by atoms with Crippen LogP contribution in [0.4, 0.5) is 15.9 Å². The van der Waals surface area contributed by atoms with E-state index < -0.39 is 0 Å². The van der Waals surface area contributed by atoms with Gasteiger partial charge < -0.3 is 15.4 Å². The predicted octanol–water partition coefficient (Wildman–Crippen LogP) is 3.49. The van der Waals surface area contributed by atoms with Crippen molar-refractivity contribution in [3.05, 3.63) is 78.0 Å². The lowest BCUT2D eigenvalue weighted by molar-refractivity contribution is 0.102. The number of carbonyl (C=O) groups excluding carboxylic acids is 1. The molecule has 6 nitrogen and oxygen atoms in total. The molecular formula is C19H17FN4O2. The van der Waals surface area contributed by atoms with E-state index in [1.165, 1.54) is 24.5 Å². The number of aromatic nitrogens is 2. The molecule has 0 aliphatic heterocycles. The van der Waals surface area contributed by atoms with Crippen molar-refractivity contribution >= 4 is 17.4 Å². The summed E-state index contributed by atoms with van der Waals surface area (Å²) in [7, 11) is 1.58. The predicted molar refractivity (Wildman–Crippen MR) is 96.7 cm³/mol. The van der Waals surface area contributed by atoms with Crippen LogP contribution in [-0.4, -0.2) is 23.0 Å². The molecule has 0 radical (unpaired) electrons. The Morgan fingerprint density at radius 1 is 1.04 bits per heavy atom. The van der Waals surface area contributed by atoms with Crippen molar-refractivity contribution in [3.63, 3.8) is 0 Å². The van der Waals surface area contributed by atoms with Gasteiger partial charge in [0.05, 0.1) is 19.5 Å². The lowest BCUT2D eigenvalue weighted by atomic mass is 10.2. The maximum Gasteiger partial charge on any atom is 0.275 e. The van der Waals surface area contributed by atoms with Gasteiger partial charge in [-0.2, -0.15) is 0 Å². The summed E-state index contributed by atoms with van der Waals surface area (Å²) in [6, 6.07) is 13.2. The summed E-state index contributed by atoms with van der Waals surface area (Å²) in [6.45, 7) is 0.479. The summed E-state index contributed by atoms with van der Waals surface area (Å²) in [4.78, 5) is 20.5. The number of anilines is 2. The highest BCUT2D eigenvalue weighted by molar-refractivity contribution is 6.02. The van der Waals surface area contributed by atoms with Crippen molar-refractivity contribution in [2.45, 2.75) is 6.54 Å². The number of ether oxygens (including phenoxy) is 1. The second-order valence-corrected chi connectivity index (χ2v) is 5.45. The monoisotopic (exact) mass is 352 g/mol. The van der Waals surface area contributed by atoms with Crippen LogP contribution >= 0.6 is 0 Å². The summed E-state index contributed by atoms with van der Waals surface area (Å²) < 4.78 is 17.9. The van der Waals surface area contributed by atoms with Gasteiger partial charge in [0.15, 0.2) is 0 Å². The van der Waals surface area contributed by atoms with Crippen molar-refractivity contribution in [2.24, 2.45) is 0 Å². The van der Waals surface area contributed by atoms with Crippen LogP contribution in [0.25, 0.3) is 0 Å². The highest BCUT2D eigenvalue weighted by Gasteiger charge is 2.08. The fourth-order valence-corrected chi connectivity index (χ4v) is 2.20. The standard InChI is InChI=1S/C19H17FN4O2/c1-26-16-8-6-15(7-9-16)24-19(25)17-11-23-18(12-21-17)22-10-13-2-4-14(20)5-3-13/h2-9,11-12H,10H2,1H3,(H,22,23)(H,24,25). The molecule has 0 aliphatic carbocycles. The van der Waals surface area contributed by atoms with Gasteiger partial charge in [-0.15, -0.1) is 0 Å². The van der Waals surface area contributed by atoms with E-state index in [4.69, 9.17) is 4.74 Å². The van der Waals surface area contributed by atoms with Gasteiger partial charge in [0.2, 0.25) is 0 Å². The van der Waals surface area contributed by atoms with Gasteiger partial charge in [-0.3, -0.25) is 4.79 Å². The van der Waals surface area contributed by atoms with Crippen LogP contribution in [0.2, 0.25) is 0 Å². The number of methoxy groups -OCH3 is 1. The molecule has 0 aliphatic rings. The zero-order valence-electron chi connectivity index (χ0n) is 14.1. The summed E-state index contributed by atoms with van der Waals surface area (Å²) in [5.74, 6) is 0.600. The molecule has 7 heteroatoms. The number of benzene rings is 2. The zero-order chi connectivity index (χ0) is 18.4. The second kappa shape index (κ2) is 8.06. The molecule has 0 atom stereocenters. The second-order valence-electron chi connectivity index (χ2n) is 5.45. The number of rotatable bonds is 6. The van der Waals surface area contributed by atoms with Crippen molar-refractivity contribution in [2.75, 3.05) is 17.7 Å². The molecule has 1 amide bonds. The highest BCUT2D eigenvalue weighted by atomic mass is 19.1. The van der Waals surface area contributed by atoms with Gasteiger partial charge in [0.1, 0.15) is 23.1 Å². The first-order valence-corrected chi connectivity index (χ1v) is 7.90. The third-order valence-corrected chi connectivity index (χ3v) is 3.62. The molecule has 0 saturated carbocycles. The molecule has 0 spiro atoms. The van der Waals surface area contributed by atoms with Gasteiger partial charge in [0.25, 0.3) is 5.91 Å². The molecule has 1 heterocycles. The summed E-state index contributed by atoms with van der Waals surface area (Å²) >= 11 is 0. The largest absolute Gasteiger partial charge is 0.497 e. The molecule has 1 aromatic heterocycles. The van der Waals surface area contributed by atoms with E-state index in [2.05, 4.69) is 20.6 Å². The van der Waals surface area contributed by atoms with E-state index in [9.17, 15) is 9.18 Å². The van der Waals surface area contributed by atoms with Crippen molar-refractivity contribution in [1.29, 1.82) is 0 Å². The van der Waals surface area contributed by atoms with E-state index in [0.717, 1.165) is 5.56 Å². The van der Waals surface area contributed by atoms with Crippen LogP contribution < -0.4 is 15.4 Å². The van der Waals surface area contributed by atoms with Crippen LogP contribution in [0, 0.1) is 5.82 Å². The Morgan fingerprint density at radius 2 is 1.77 bits per heavy atom. The van der Waals surface area contributed by atoms with Crippen LogP contribution in [0.1, 0.15) is 16.1 Å². The zero-order valence-corrected chi connectivity index (χ0v) is 14.1. The Hall–Kier alpha value is -3.48. The number of halogens is 1. The fourth-order valence-electron chi connectivity index (χ4n) is 2.20. The Morgan fingerprint density at radius 3 is 2.38 bits per heavy atom. The molecule has 0 bridgehead atoms. The molecule has 26 heavy (non-hydrogen) atoms. The number of hydrogen-bond acceptors (Lipinski definition) is 5. The van der Waals surface area contributed by atoms with Gasteiger partial charge in [-0.1, -0.05) is 12.1 Å². The quantitative estimate of drug-likeness (QED) is 0.710. The molecule has 0 saturated heterocycles. The van der Waals surface area contributed by atoms with Crippen molar-refractivity contribution in [3.8, 4) is 5.75 Å². The minimum absolute atomic E-state index is 0.202. The first kappa shape index (κ1) is 17.3. The lowest BCUT2D eigenvalue weighted by Crippen LogP contribution is -2.14. The third-order valence-electron chi connectivity index (χ3n) is 3.62. The number of hydrogen-bond donors (Lipinski definition) is 2. The topological polar surface area (TPSA) is 76.1 Å². The van der Waals surface area contributed by atoms with Crippen LogP contribution in [0.3, 0.4) is 0 Å². The lowest BCUT2D eigenvalue weighted by Gasteiger charge is -2.07. The van der Waals surface area contributed by atoms with Gasteiger partial charge >= 0.3 is 0 Å². The average Bonchev–Trinajstić information content (AvgIpc) is 2.68. The van der Waals surface area contributed by atoms with Crippen molar-refractivity contribution < 1.29 is 13.9 Å². The first-order chi connectivity index (χ1) is 12.6. The van der Waals surface area contributed by atoms with E-state index in [1.54, 1.807) is 43.5 Å². The number of nitrogens with one attached hydrogen (secondary N) is 2. The molecule has 2 N–H and O–H groups in total. The van der Waals surface area contributed by atoms with E-state index in [0.29, 0.717) is 23.8 Å². The SMILES string of the molecule is COc1ccc(NC(=O)c2cnc(NCc3ccc(F)cc3)cn2)cc1. The number of nitrogens with zero attached hydrogens (tertiary/aromatic N) is 2. The molecule has 3 rings (SSSR count). The Labute approximate surface area is 150 Å². The maximum absolute atomic E-state index is 12.9. The molecule has 3 aromatic rings. The van der Waals surface area contributed by atoms with E-state index in [1.807, 2.05) is 0 Å². The first-order valence-electron chi connectivity index (χ1n) is 7.90. The smallest absolute Gasteiger partial charge is 0.275 e. The minimum atomic E-state index is -0.354. The Balaban J connectivity index is 1.57. The maximum atomic E-state index is 12.9. The average molecular weight is 352 g/mol. The molecule has 0 fully saturated rings. The normalized spacial score (nSPS) is 10.2. The van der Waals surface area contributed by atoms with E-state index in [-0.39, 0.29) is 17.4 Å². The van der Waals surface area contributed by atoms with Gasteiger partial charge in [-0.25, -0.2) is 14.4 Å². The van der Waals surface area contributed by atoms with Crippen molar-refractivity contribution in [1.82, 2.24) is 9.97 Å². The third kappa shape index (κ3) is 4.54. The number of carbonyl (C=O) groups is 1. The molecular weight excluding hydrogens is 335 g/mol. The van der Waals surface area contributed by atoms with Gasteiger partial charge in [0, 0.05) is 12.2 Å². The summed E-state index contributed by atoms with van der Waals surface area (Å²) in [5, 5.41) is 5.81. The van der Waals surface area contributed by atoms with Crippen LogP contribution in [-0.2, 0) is 6.54 Å². The number of amides is 1. The van der Waals surface area contributed by atoms with E-state index >= 15 is 0 Å². The molecule has 0 unspecified atom stereocenters. The Bertz CT molecular complexity index is 866. The van der Waals surface area contributed by atoms with Gasteiger partial charge in [-0.05, 0) is 42.0 Å². The fraction of sp³-hybridized carbons (Fsp3) is 0.105. The van der Waals surface area contributed by atoms with Crippen LogP contribution in [0.15, 0.2) is 60.9 Å². The molecule has 2 aromatic carbocycles. The summed E-state index contributed by atoms with van der Waals surface area (Å²) in [6.07, 6.45) is 2.87. The van der Waals surface area contributed by atoms with Crippen LogP contribution in [0.5, 0.6) is 5.75 Å². The summed E-state index contributed by atoms with van der Waals surface area (Å²) in [5.41, 5.74) is 1.75.